The molecule has 3 aliphatic rings. The molecule has 25 heavy (non-hydrogen) atoms. The zero-order valence-electron chi connectivity index (χ0n) is 14.2. The number of pyridine rings is 1. The van der Waals surface area contributed by atoms with Gasteiger partial charge in [-0.3, -0.25) is 4.79 Å². The number of benzene rings is 1. The smallest absolute Gasteiger partial charge is 0.219 e. The van der Waals surface area contributed by atoms with E-state index in [9.17, 15) is 4.79 Å². The molecule has 1 aromatic heterocycles. The fourth-order valence-electron chi connectivity index (χ4n) is 4.39. The minimum atomic E-state index is -0.508. The summed E-state index contributed by atoms with van der Waals surface area (Å²) in [5, 5.41) is 8.86. The second-order valence-corrected chi connectivity index (χ2v) is 7.26. The van der Waals surface area contributed by atoms with Crippen LogP contribution < -0.4 is 4.74 Å². The van der Waals surface area contributed by atoms with Crippen molar-refractivity contribution in [2.45, 2.75) is 38.0 Å². The number of aliphatic hydroxyl groups is 1. The zero-order chi connectivity index (χ0) is 17.2. The first-order chi connectivity index (χ1) is 12.2. The maximum Gasteiger partial charge on any atom is 0.219 e. The van der Waals surface area contributed by atoms with Gasteiger partial charge in [0.2, 0.25) is 5.88 Å². The van der Waals surface area contributed by atoms with Crippen molar-refractivity contribution < 1.29 is 14.6 Å². The summed E-state index contributed by atoms with van der Waals surface area (Å²) in [6, 6.07) is 11.7. The molecule has 1 N–H and O–H groups in total. The molecule has 0 radical (unpaired) electrons. The van der Waals surface area contributed by atoms with Crippen LogP contribution in [-0.2, 0) is 0 Å². The van der Waals surface area contributed by atoms with E-state index in [1.165, 1.54) is 43.9 Å². The topological polar surface area (TPSA) is 59.4 Å². The standard InChI is InChI=1S/C21H23NO3/c23-13-20(24)17-7-10-21(22-12-17)25-18-8-5-16(6-9-18)19-11-14-1-3-15(19)4-2-14/h5-10,12,14-15,19,23H,1-4,11,13H2. The van der Waals surface area contributed by atoms with Crippen LogP contribution in [-0.4, -0.2) is 22.5 Å². The van der Waals surface area contributed by atoms with Crippen LogP contribution in [0.4, 0.5) is 0 Å². The van der Waals surface area contributed by atoms with E-state index in [0.29, 0.717) is 17.4 Å². The highest BCUT2D eigenvalue weighted by atomic mass is 16.5. The first-order valence-electron chi connectivity index (χ1n) is 9.11. The van der Waals surface area contributed by atoms with Gasteiger partial charge in [-0.1, -0.05) is 25.0 Å². The lowest BCUT2D eigenvalue weighted by Crippen LogP contribution is -2.29. The Balaban J connectivity index is 1.43. The molecule has 0 spiro atoms. The van der Waals surface area contributed by atoms with Gasteiger partial charge in [0.1, 0.15) is 12.4 Å². The first-order valence-corrected chi connectivity index (χ1v) is 9.11. The number of rotatable bonds is 5. The summed E-state index contributed by atoms with van der Waals surface area (Å²) in [7, 11) is 0. The van der Waals surface area contributed by atoms with E-state index in [1.54, 1.807) is 12.1 Å². The van der Waals surface area contributed by atoms with Crippen molar-refractivity contribution in [3.05, 3.63) is 53.7 Å². The van der Waals surface area contributed by atoms with Gasteiger partial charge in [-0.05, 0) is 60.8 Å². The summed E-state index contributed by atoms with van der Waals surface area (Å²) >= 11 is 0. The average Bonchev–Trinajstić information content (AvgIpc) is 2.69. The fourth-order valence-corrected chi connectivity index (χ4v) is 4.39. The summed E-state index contributed by atoms with van der Waals surface area (Å²) in [4.78, 5) is 15.5. The lowest BCUT2D eigenvalue weighted by atomic mass is 9.63. The largest absolute Gasteiger partial charge is 0.439 e. The molecule has 1 unspecified atom stereocenters. The number of ether oxygens (including phenoxy) is 1. The number of hydrogen-bond acceptors (Lipinski definition) is 4. The number of aromatic nitrogens is 1. The second-order valence-electron chi connectivity index (χ2n) is 7.26. The summed E-state index contributed by atoms with van der Waals surface area (Å²) in [6.07, 6.45) is 8.38. The number of nitrogens with zero attached hydrogens (tertiary/aromatic N) is 1. The fraction of sp³-hybridized carbons (Fsp3) is 0.429. The van der Waals surface area contributed by atoms with Crippen LogP contribution in [0.15, 0.2) is 42.6 Å². The molecule has 1 heterocycles. The molecule has 0 saturated heterocycles. The molecule has 2 aromatic rings. The molecule has 4 heteroatoms. The highest BCUT2D eigenvalue weighted by Crippen LogP contribution is 2.49. The predicted molar refractivity (Wildman–Crippen MR) is 95.0 cm³/mol. The number of aliphatic hydroxyl groups excluding tert-OH is 1. The monoisotopic (exact) mass is 337 g/mol. The van der Waals surface area contributed by atoms with Crippen LogP contribution in [0.1, 0.15) is 53.9 Å². The molecular formula is C21H23NO3. The number of carbonyl (C=O) groups is 1. The zero-order valence-corrected chi connectivity index (χ0v) is 14.2. The molecule has 4 nitrogen and oxygen atoms in total. The highest BCUT2D eigenvalue weighted by Gasteiger charge is 2.36. The SMILES string of the molecule is O=C(CO)c1ccc(Oc2ccc(C3CC4CCC3CC4)cc2)nc1. The maximum atomic E-state index is 11.4. The lowest BCUT2D eigenvalue weighted by Gasteiger charge is -2.42. The Morgan fingerprint density at radius 2 is 1.84 bits per heavy atom. The van der Waals surface area contributed by atoms with Crippen LogP contribution in [0.2, 0.25) is 0 Å². The minimum absolute atomic E-state index is 0.342. The number of ketones is 1. The van der Waals surface area contributed by atoms with E-state index in [-0.39, 0.29) is 5.78 Å². The molecule has 1 aromatic carbocycles. The van der Waals surface area contributed by atoms with E-state index in [2.05, 4.69) is 17.1 Å². The minimum Gasteiger partial charge on any atom is -0.439 e. The summed E-state index contributed by atoms with van der Waals surface area (Å²) in [6.45, 7) is -0.508. The van der Waals surface area contributed by atoms with Crippen molar-refractivity contribution in [1.82, 2.24) is 4.98 Å². The normalized spacial score (nSPS) is 24.9. The van der Waals surface area contributed by atoms with Gasteiger partial charge in [0.25, 0.3) is 0 Å². The van der Waals surface area contributed by atoms with Gasteiger partial charge in [-0.15, -0.1) is 0 Å². The summed E-state index contributed by atoms with van der Waals surface area (Å²) < 4.78 is 5.77. The van der Waals surface area contributed by atoms with E-state index in [4.69, 9.17) is 9.84 Å². The number of Topliss-reactive ketones (excluding diaryl/α,β-unsaturated/α-hetero) is 1. The van der Waals surface area contributed by atoms with E-state index >= 15 is 0 Å². The molecule has 2 bridgehead atoms. The third-order valence-electron chi connectivity index (χ3n) is 5.78. The van der Waals surface area contributed by atoms with Gasteiger partial charge < -0.3 is 9.84 Å². The molecular weight excluding hydrogens is 314 g/mol. The molecule has 130 valence electrons. The number of hydrogen-bond donors (Lipinski definition) is 1. The van der Waals surface area contributed by atoms with Gasteiger partial charge in [-0.2, -0.15) is 0 Å². The summed E-state index contributed by atoms with van der Waals surface area (Å²) in [5.41, 5.74) is 1.82. The Hall–Kier alpha value is -2.20. The van der Waals surface area contributed by atoms with Crippen LogP contribution in [0.25, 0.3) is 0 Å². The Morgan fingerprint density at radius 1 is 1.08 bits per heavy atom. The van der Waals surface area contributed by atoms with E-state index < -0.39 is 6.61 Å². The molecule has 3 aliphatic carbocycles. The molecule has 3 fully saturated rings. The number of fused-ring (bicyclic) bond motifs is 3. The first kappa shape index (κ1) is 16.3. The van der Waals surface area contributed by atoms with Crippen molar-refractivity contribution in [3.8, 4) is 11.6 Å². The van der Waals surface area contributed by atoms with Gasteiger partial charge in [-0.25, -0.2) is 4.98 Å². The second kappa shape index (κ2) is 6.96. The van der Waals surface area contributed by atoms with Crippen molar-refractivity contribution >= 4 is 5.78 Å². The quantitative estimate of drug-likeness (QED) is 0.824. The molecule has 0 aliphatic heterocycles. The van der Waals surface area contributed by atoms with Gasteiger partial charge in [0.15, 0.2) is 5.78 Å². The Bertz CT molecular complexity index is 731. The third kappa shape index (κ3) is 3.45. The van der Waals surface area contributed by atoms with Crippen LogP contribution in [0.5, 0.6) is 11.6 Å². The van der Waals surface area contributed by atoms with Gasteiger partial charge in [0.05, 0.1) is 0 Å². The molecule has 3 saturated carbocycles. The predicted octanol–water partition coefficient (Wildman–Crippen LogP) is 4.34. The number of carbonyl (C=O) groups excluding carboxylic acids is 1. The van der Waals surface area contributed by atoms with Crippen LogP contribution in [0, 0.1) is 11.8 Å². The average molecular weight is 337 g/mol. The molecule has 5 rings (SSSR count). The highest BCUT2D eigenvalue weighted by molar-refractivity contribution is 5.96. The Morgan fingerprint density at radius 3 is 2.40 bits per heavy atom. The summed E-state index contributed by atoms with van der Waals surface area (Å²) in [5.74, 6) is 3.34. The molecule has 1 atom stereocenters. The van der Waals surface area contributed by atoms with Crippen molar-refractivity contribution in [2.24, 2.45) is 11.8 Å². The molecule has 0 amide bonds. The van der Waals surface area contributed by atoms with Gasteiger partial charge in [0, 0.05) is 17.8 Å². The van der Waals surface area contributed by atoms with Crippen molar-refractivity contribution in [3.63, 3.8) is 0 Å². The van der Waals surface area contributed by atoms with E-state index in [0.717, 1.165) is 17.6 Å². The van der Waals surface area contributed by atoms with Crippen molar-refractivity contribution in [2.75, 3.05) is 6.61 Å². The van der Waals surface area contributed by atoms with Crippen LogP contribution in [0.3, 0.4) is 0 Å². The maximum absolute atomic E-state index is 11.4. The third-order valence-corrected chi connectivity index (χ3v) is 5.78. The lowest BCUT2D eigenvalue weighted by molar-refractivity contribution is 0.0903. The van der Waals surface area contributed by atoms with Crippen molar-refractivity contribution in [1.29, 1.82) is 0 Å². The van der Waals surface area contributed by atoms with Gasteiger partial charge >= 0.3 is 0 Å². The Labute approximate surface area is 147 Å². The van der Waals surface area contributed by atoms with Crippen LogP contribution >= 0.6 is 0 Å². The Kier molecular flexibility index (Phi) is 4.53. The van der Waals surface area contributed by atoms with E-state index in [1.807, 2.05) is 12.1 Å².